The molecule has 1 aromatic carbocycles. The van der Waals surface area contributed by atoms with Gasteiger partial charge in [0, 0.05) is 12.4 Å². The van der Waals surface area contributed by atoms with Gasteiger partial charge in [-0.25, -0.2) is 8.42 Å². The highest BCUT2D eigenvalue weighted by molar-refractivity contribution is 7.89. The Hall–Kier alpha value is -0.830. The molecule has 1 rings (SSSR count). The molecule has 0 aromatic heterocycles. The molecule has 0 atom stereocenters. The lowest BCUT2D eigenvalue weighted by Gasteiger charge is -2.22. The van der Waals surface area contributed by atoms with Gasteiger partial charge in [-0.1, -0.05) is 12.1 Å². The average molecular weight is 346 g/mol. The van der Waals surface area contributed by atoms with Crippen molar-refractivity contribution in [2.24, 2.45) is 0 Å². The molecule has 4 nitrogen and oxygen atoms in total. The van der Waals surface area contributed by atoms with Gasteiger partial charge in [-0.2, -0.15) is 17.5 Å². The fraction of sp³-hybridized carbons (Fsp3) is 0.500. The summed E-state index contributed by atoms with van der Waals surface area (Å²) in [4.78, 5) is -0.251. The molecular weight excluding hydrogens is 331 g/mol. The first-order chi connectivity index (χ1) is 9.70. The van der Waals surface area contributed by atoms with Gasteiger partial charge in [0.2, 0.25) is 10.0 Å². The Balaban J connectivity index is 3.04. The van der Waals surface area contributed by atoms with Crippen LogP contribution < -0.4 is 0 Å². The van der Waals surface area contributed by atoms with Crippen LogP contribution in [0.15, 0.2) is 29.2 Å². The summed E-state index contributed by atoms with van der Waals surface area (Å²) in [5.41, 5.74) is 0.786. The van der Waals surface area contributed by atoms with E-state index < -0.39 is 35.9 Å². The second-order valence-electron chi connectivity index (χ2n) is 4.26. The summed E-state index contributed by atoms with van der Waals surface area (Å²) in [7, 11) is -4.31. The van der Waals surface area contributed by atoms with Crippen molar-refractivity contribution in [2.45, 2.75) is 17.5 Å². The minimum Gasteiger partial charge on any atom is -0.395 e. The topological polar surface area (TPSA) is 57.6 Å². The number of benzene rings is 1. The Morgan fingerprint density at radius 1 is 1.19 bits per heavy atom. The normalized spacial score (nSPS) is 12.9. The van der Waals surface area contributed by atoms with E-state index in [0.717, 1.165) is 5.56 Å². The van der Waals surface area contributed by atoms with Gasteiger partial charge in [-0.05, 0) is 24.1 Å². The third-order valence-corrected chi connectivity index (χ3v) is 4.70. The number of nitrogens with zero attached hydrogens (tertiary/aromatic N) is 1. The molecule has 0 radical (unpaired) electrons. The third kappa shape index (κ3) is 5.46. The van der Waals surface area contributed by atoms with Crippen LogP contribution >= 0.6 is 11.6 Å². The maximum Gasteiger partial charge on any atom is 0.402 e. The predicted molar refractivity (Wildman–Crippen MR) is 72.8 cm³/mol. The molecule has 120 valence electrons. The highest BCUT2D eigenvalue weighted by Crippen LogP contribution is 2.22. The zero-order chi connectivity index (χ0) is 16.1. The van der Waals surface area contributed by atoms with Crippen LogP contribution in [-0.4, -0.2) is 49.6 Å². The monoisotopic (exact) mass is 345 g/mol. The number of alkyl halides is 4. The van der Waals surface area contributed by atoms with E-state index in [-0.39, 0.29) is 9.20 Å². The first-order valence-corrected chi connectivity index (χ1v) is 8.01. The van der Waals surface area contributed by atoms with Crippen molar-refractivity contribution in [1.82, 2.24) is 4.31 Å². The maximum atomic E-state index is 12.4. The van der Waals surface area contributed by atoms with Gasteiger partial charge in [0.1, 0.15) is 6.54 Å². The van der Waals surface area contributed by atoms with Crippen molar-refractivity contribution in [3.63, 3.8) is 0 Å². The Bertz CT molecular complexity index is 546. The zero-order valence-electron chi connectivity index (χ0n) is 11.0. The fourth-order valence-electron chi connectivity index (χ4n) is 1.68. The SMILES string of the molecule is O=S(=O)(c1ccc(CCCl)cc1)N(CCO)CC(F)(F)F. The van der Waals surface area contributed by atoms with Crippen LogP contribution in [-0.2, 0) is 16.4 Å². The first-order valence-electron chi connectivity index (χ1n) is 6.03. The Morgan fingerprint density at radius 2 is 1.76 bits per heavy atom. The molecule has 0 saturated heterocycles. The van der Waals surface area contributed by atoms with E-state index in [0.29, 0.717) is 12.3 Å². The molecule has 1 aromatic rings. The molecule has 0 heterocycles. The number of hydrogen-bond acceptors (Lipinski definition) is 3. The van der Waals surface area contributed by atoms with Crippen molar-refractivity contribution in [3.8, 4) is 0 Å². The van der Waals surface area contributed by atoms with E-state index in [1.54, 1.807) is 0 Å². The highest BCUT2D eigenvalue weighted by atomic mass is 35.5. The Morgan fingerprint density at radius 3 is 2.19 bits per heavy atom. The van der Waals surface area contributed by atoms with Crippen LogP contribution in [0.1, 0.15) is 5.56 Å². The summed E-state index contributed by atoms with van der Waals surface area (Å²) < 4.78 is 61.8. The van der Waals surface area contributed by atoms with Crippen molar-refractivity contribution < 1.29 is 26.7 Å². The predicted octanol–water partition coefficient (Wildman–Crippen LogP) is 2.01. The molecular formula is C12H15ClF3NO3S. The van der Waals surface area contributed by atoms with Crippen molar-refractivity contribution in [2.75, 3.05) is 25.6 Å². The van der Waals surface area contributed by atoms with Crippen LogP contribution in [0, 0.1) is 0 Å². The summed E-state index contributed by atoms with van der Waals surface area (Å²) in [6.45, 7) is -2.95. The number of hydrogen-bond donors (Lipinski definition) is 1. The first kappa shape index (κ1) is 18.2. The van der Waals surface area contributed by atoms with Crippen molar-refractivity contribution in [1.29, 1.82) is 0 Å². The minimum atomic E-state index is -4.68. The van der Waals surface area contributed by atoms with Gasteiger partial charge in [0.05, 0.1) is 11.5 Å². The molecule has 21 heavy (non-hydrogen) atoms. The number of rotatable bonds is 7. The Labute approximate surface area is 126 Å². The van der Waals surface area contributed by atoms with Crippen LogP contribution in [0.3, 0.4) is 0 Å². The highest BCUT2D eigenvalue weighted by Gasteiger charge is 2.36. The van der Waals surface area contributed by atoms with E-state index in [9.17, 15) is 21.6 Å². The molecule has 0 spiro atoms. The standard InChI is InChI=1S/C12H15ClF3NO3S/c13-6-5-10-1-3-11(4-2-10)21(19,20)17(7-8-18)9-12(14,15)16/h1-4,18H,5-9H2. The molecule has 0 aliphatic heterocycles. The van der Waals surface area contributed by atoms with E-state index in [4.69, 9.17) is 16.7 Å². The van der Waals surface area contributed by atoms with E-state index in [1.807, 2.05) is 0 Å². The fourth-order valence-corrected chi connectivity index (χ4v) is 3.32. The Kier molecular flexibility index (Phi) is 6.45. The maximum absolute atomic E-state index is 12.4. The summed E-state index contributed by atoms with van der Waals surface area (Å²) in [6, 6.07) is 5.47. The second-order valence-corrected chi connectivity index (χ2v) is 6.58. The lowest BCUT2D eigenvalue weighted by Crippen LogP contribution is -2.40. The quantitative estimate of drug-likeness (QED) is 0.769. The largest absolute Gasteiger partial charge is 0.402 e. The van der Waals surface area contributed by atoms with Crippen molar-refractivity contribution in [3.05, 3.63) is 29.8 Å². The van der Waals surface area contributed by atoms with Crippen LogP contribution in [0.4, 0.5) is 13.2 Å². The van der Waals surface area contributed by atoms with E-state index in [1.165, 1.54) is 24.3 Å². The van der Waals surface area contributed by atoms with E-state index in [2.05, 4.69) is 0 Å². The molecule has 0 aliphatic rings. The van der Waals surface area contributed by atoms with Gasteiger partial charge in [0.15, 0.2) is 0 Å². The van der Waals surface area contributed by atoms with Gasteiger partial charge in [-0.3, -0.25) is 0 Å². The van der Waals surface area contributed by atoms with Gasteiger partial charge in [0.25, 0.3) is 0 Å². The number of sulfonamides is 1. The molecule has 0 amide bonds. The zero-order valence-corrected chi connectivity index (χ0v) is 12.5. The van der Waals surface area contributed by atoms with Crippen LogP contribution in [0.5, 0.6) is 0 Å². The van der Waals surface area contributed by atoms with Crippen LogP contribution in [0.2, 0.25) is 0 Å². The average Bonchev–Trinajstić information content (AvgIpc) is 2.38. The molecule has 0 saturated carbocycles. The van der Waals surface area contributed by atoms with Crippen molar-refractivity contribution >= 4 is 21.6 Å². The lowest BCUT2D eigenvalue weighted by atomic mass is 10.2. The van der Waals surface area contributed by atoms with Gasteiger partial charge < -0.3 is 5.11 Å². The number of aliphatic hydroxyl groups is 1. The smallest absolute Gasteiger partial charge is 0.395 e. The van der Waals surface area contributed by atoms with Crippen LogP contribution in [0.25, 0.3) is 0 Å². The number of aliphatic hydroxyl groups excluding tert-OH is 1. The number of halogens is 4. The van der Waals surface area contributed by atoms with Gasteiger partial charge in [-0.15, -0.1) is 11.6 Å². The molecule has 9 heteroatoms. The molecule has 0 aliphatic carbocycles. The lowest BCUT2D eigenvalue weighted by molar-refractivity contribution is -0.136. The molecule has 0 unspecified atom stereocenters. The summed E-state index contributed by atoms with van der Waals surface area (Å²) in [5.74, 6) is 0.358. The molecule has 1 N–H and O–H groups in total. The summed E-state index contributed by atoms with van der Waals surface area (Å²) >= 11 is 5.55. The van der Waals surface area contributed by atoms with E-state index >= 15 is 0 Å². The summed E-state index contributed by atoms with van der Waals surface area (Å²) in [6.07, 6.45) is -4.15. The minimum absolute atomic E-state index is 0.212. The summed E-state index contributed by atoms with van der Waals surface area (Å²) in [5, 5.41) is 8.77. The number of aryl methyl sites for hydroxylation is 1. The molecule has 0 fully saturated rings. The van der Waals surface area contributed by atoms with Gasteiger partial charge >= 0.3 is 6.18 Å². The molecule has 0 bridgehead atoms. The third-order valence-electron chi connectivity index (χ3n) is 2.65. The second kappa shape index (κ2) is 7.44.